The Kier molecular flexibility index (Phi) is 4.63. The molecule has 2 aromatic rings. The van der Waals surface area contributed by atoms with Crippen LogP contribution in [0.3, 0.4) is 0 Å². The van der Waals surface area contributed by atoms with Gasteiger partial charge in [0.15, 0.2) is 0 Å². The van der Waals surface area contributed by atoms with Gasteiger partial charge in [-0.3, -0.25) is 0 Å². The quantitative estimate of drug-likeness (QED) is 0.651. The Morgan fingerprint density at radius 1 is 1.40 bits per heavy atom. The maximum atomic E-state index is 11.6. The summed E-state index contributed by atoms with van der Waals surface area (Å²) in [6, 6.07) is 9.64. The van der Waals surface area contributed by atoms with Crippen molar-refractivity contribution >= 4 is 28.7 Å². The fourth-order valence-electron chi connectivity index (χ4n) is 2.03. The lowest BCUT2D eigenvalue weighted by Gasteiger charge is -2.19. The minimum absolute atomic E-state index is 0.185. The molecule has 5 heteroatoms. The fourth-order valence-corrected chi connectivity index (χ4v) is 2.89. The normalized spacial score (nSPS) is 11.9. The molecule has 4 nitrogen and oxygen atoms in total. The number of thiophene rings is 1. The summed E-state index contributed by atoms with van der Waals surface area (Å²) >= 11 is 1.70. The molecule has 1 heterocycles. The number of carbonyl (C=O) groups is 1. The number of ether oxygens (including phenoxy) is 1. The molecule has 0 fully saturated rings. The van der Waals surface area contributed by atoms with E-state index in [1.807, 2.05) is 17.5 Å². The molecular formula is C15H18N2O2S. The van der Waals surface area contributed by atoms with E-state index in [1.165, 1.54) is 12.0 Å². The van der Waals surface area contributed by atoms with E-state index in [2.05, 4.69) is 18.3 Å². The fraction of sp³-hybridized carbons (Fsp3) is 0.267. The van der Waals surface area contributed by atoms with Crippen LogP contribution in [0.2, 0.25) is 0 Å². The zero-order valence-electron chi connectivity index (χ0n) is 11.6. The molecule has 1 aromatic heterocycles. The standard InChI is InChI=1S/C15H18N2O2S/c1-3-11(13-8-5-9-20-13)17-12-7-4-6-10(14(12)16)15(18)19-2/h4-9,11,17H,3,16H2,1-2H3. The number of carbonyl (C=O) groups excluding carboxylic acids is 1. The van der Waals surface area contributed by atoms with Gasteiger partial charge in [-0.05, 0) is 30.0 Å². The van der Waals surface area contributed by atoms with Crippen LogP contribution >= 0.6 is 11.3 Å². The highest BCUT2D eigenvalue weighted by Gasteiger charge is 2.16. The van der Waals surface area contributed by atoms with Crippen LogP contribution in [-0.2, 0) is 4.74 Å². The number of hydrogen-bond donors (Lipinski definition) is 2. The molecule has 3 N–H and O–H groups in total. The van der Waals surface area contributed by atoms with Crippen LogP contribution in [0.25, 0.3) is 0 Å². The van der Waals surface area contributed by atoms with Crippen LogP contribution in [0.15, 0.2) is 35.7 Å². The number of methoxy groups -OCH3 is 1. The van der Waals surface area contributed by atoms with Crippen LogP contribution in [0.1, 0.15) is 34.6 Å². The van der Waals surface area contributed by atoms with Crippen molar-refractivity contribution in [3.8, 4) is 0 Å². The van der Waals surface area contributed by atoms with Gasteiger partial charge in [0.25, 0.3) is 0 Å². The largest absolute Gasteiger partial charge is 0.465 e. The lowest BCUT2D eigenvalue weighted by Crippen LogP contribution is -2.12. The number of nitrogens with one attached hydrogen (secondary N) is 1. The van der Waals surface area contributed by atoms with Crippen molar-refractivity contribution in [3.63, 3.8) is 0 Å². The van der Waals surface area contributed by atoms with Gasteiger partial charge in [-0.1, -0.05) is 19.1 Å². The zero-order valence-corrected chi connectivity index (χ0v) is 12.4. The van der Waals surface area contributed by atoms with E-state index in [4.69, 9.17) is 10.5 Å². The summed E-state index contributed by atoms with van der Waals surface area (Å²) in [5.74, 6) is -0.421. The third kappa shape index (κ3) is 2.93. The molecule has 0 spiro atoms. The topological polar surface area (TPSA) is 64.3 Å². The lowest BCUT2D eigenvalue weighted by molar-refractivity contribution is 0.0602. The number of nitrogen functional groups attached to an aromatic ring is 1. The van der Waals surface area contributed by atoms with Crippen LogP contribution < -0.4 is 11.1 Å². The first-order valence-electron chi connectivity index (χ1n) is 6.44. The molecule has 0 radical (unpaired) electrons. The second-order valence-electron chi connectivity index (χ2n) is 4.38. The molecule has 1 atom stereocenters. The van der Waals surface area contributed by atoms with E-state index in [9.17, 15) is 4.79 Å². The summed E-state index contributed by atoms with van der Waals surface area (Å²) in [5.41, 5.74) is 7.63. The minimum atomic E-state index is -0.421. The number of para-hydroxylation sites is 1. The average molecular weight is 290 g/mol. The Morgan fingerprint density at radius 2 is 2.20 bits per heavy atom. The highest BCUT2D eigenvalue weighted by atomic mass is 32.1. The first-order valence-corrected chi connectivity index (χ1v) is 7.32. The summed E-state index contributed by atoms with van der Waals surface area (Å²) in [7, 11) is 1.35. The van der Waals surface area contributed by atoms with E-state index in [-0.39, 0.29) is 6.04 Å². The number of nitrogens with two attached hydrogens (primary N) is 1. The Labute approximate surface area is 122 Å². The van der Waals surface area contributed by atoms with Crippen LogP contribution in [0.5, 0.6) is 0 Å². The van der Waals surface area contributed by atoms with Crippen LogP contribution in [0.4, 0.5) is 11.4 Å². The van der Waals surface area contributed by atoms with Gasteiger partial charge in [0.1, 0.15) is 0 Å². The Bertz CT molecular complexity index is 582. The summed E-state index contributed by atoms with van der Waals surface area (Å²) in [6.45, 7) is 2.11. The van der Waals surface area contributed by atoms with Gasteiger partial charge < -0.3 is 15.8 Å². The van der Waals surface area contributed by atoms with Crippen molar-refractivity contribution in [1.29, 1.82) is 0 Å². The predicted molar refractivity (Wildman–Crippen MR) is 83.2 cm³/mol. The number of anilines is 2. The number of esters is 1. The highest BCUT2D eigenvalue weighted by Crippen LogP contribution is 2.30. The molecule has 0 aliphatic heterocycles. The Balaban J connectivity index is 2.27. The molecule has 0 bridgehead atoms. The van der Waals surface area contributed by atoms with Gasteiger partial charge in [-0.25, -0.2) is 4.79 Å². The van der Waals surface area contributed by atoms with Crippen molar-refractivity contribution < 1.29 is 9.53 Å². The molecule has 2 rings (SSSR count). The molecule has 106 valence electrons. The van der Waals surface area contributed by atoms with E-state index < -0.39 is 5.97 Å². The second-order valence-corrected chi connectivity index (χ2v) is 5.36. The van der Waals surface area contributed by atoms with Crippen molar-refractivity contribution in [2.24, 2.45) is 0 Å². The maximum absolute atomic E-state index is 11.6. The van der Waals surface area contributed by atoms with Crippen molar-refractivity contribution in [2.45, 2.75) is 19.4 Å². The zero-order chi connectivity index (χ0) is 14.5. The number of benzene rings is 1. The number of rotatable bonds is 5. The average Bonchev–Trinajstić information content (AvgIpc) is 2.99. The molecule has 0 amide bonds. The van der Waals surface area contributed by atoms with Gasteiger partial charge in [-0.15, -0.1) is 11.3 Å². The first-order chi connectivity index (χ1) is 9.67. The minimum Gasteiger partial charge on any atom is -0.465 e. The van der Waals surface area contributed by atoms with Gasteiger partial charge in [0, 0.05) is 4.88 Å². The highest BCUT2D eigenvalue weighted by molar-refractivity contribution is 7.10. The van der Waals surface area contributed by atoms with E-state index in [0.29, 0.717) is 11.3 Å². The summed E-state index contributed by atoms with van der Waals surface area (Å²) in [4.78, 5) is 12.9. The summed E-state index contributed by atoms with van der Waals surface area (Å²) < 4.78 is 4.73. The molecule has 20 heavy (non-hydrogen) atoms. The molecule has 1 aromatic carbocycles. The third-order valence-corrected chi connectivity index (χ3v) is 4.12. The SMILES string of the molecule is CCC(Nc1cccc(C(=O)OC)c1N)c1cccs1. The van der Waals surface area contributed by atoms with E-state index >= 15 is 0 Å². The predicted octanol–water partition coefficient (Wildman–Crippen LogP) is 3.68. The molecule has 0 aliphatic carbocycles. The van der Waals surface area contributed by atoms with Gasteiger partial charge in [-0.2, -0.15) is 0 Å². The van der Waals surface area contributed by atoms with Crippen molar-refractivity contribution in [3.05, 3.63) is 46.2 Å². The molecule has 0 saturated heterocycles. The lowest BCUT2D eigenvalue weighted by atomic mass is 10.1. The maximum Gasteiger partial charge on any atom is 0.340 e. The molecular weight excluding hydrogens is 272 g/mol. The first kappa shape index (κ1) is 14.4. The monoisotopic (exact) mass is 290 g/mol. The summed E-state index contributed by atoms with van der Waals surface area (Å²) in [5, 5.41) is 5.45. The van der Waals surface area contributed by atoms with Crippen LogP contribution in [0, 0.1) is 0 Å². The molecule has 1 unspecified atom stereocenters. The van der Waals surface area contributed by atoms with Gasteiger partial charge >= 0.3 is 5.97 Å². The molecule has 0 saturated carbocycles. The second kappa shape index (κ2) is 6.43. The van der Waals surface area contributed by atoms with E-state index in [0.717, 1.165) is 12.1 Å². The van der Waals surface area contributed by atoms with Crippen molar-refractivity contribution in [2.75, 3.05) is 18.2 Å². The Hall–Kier alpha value is -2.01. The Morgan fingerprint density at radius 3 is 2.80 bits per heavy atom. The smallest absolute Gasteiger partial charge is 0.340 e. The van der Waals surface area contributed by atoms with Crippen molar-refractivity contribution in [1.82, 2.24) is 0 Å². The van der Waals surface area contributed by atoms with Gasteiger partial charge in [0.2, 0.25) is 0 Å². The van der Waals surface area contributed by atoms with Gasteiger partial charge in [0.05, 0.1) is 30.1 Å². The molecule has 0 aliphatic rings. The number of hydrogen-bond acceptors (Lipinski definition) is 5. The van der Waals surface area contributed by atoms with E-state index in [1.54, 1.807) is 23.5 Å². The third-order valence-electron chi connectivity index (χ3n) is 3.14. The van der Waals surface area contributed by atoms with Crippen LogP contribution in [-0.4, -0.2) is 13.1 Å². The summed E-state index contributed by atoms with van der Waals surface area (Å²) in [6.07, 6.45) is 0.933.